The molecule has 26 heavy (non-hydrogen) atoms. The Morgan fingerprint density at radius 3 is 2.62 bits per heavy atom. The number of nitrogens with zero attached hydrogens (tertiary/aromatic N) is 1. The van der Waals surface area contributed by atoms with Crippen LogP contribution < -0.4 is 0 Å². The molecule has 1 heterocycles. The molecule has 2 fully saturated rings. The highest BCUT2D eigenvalue weighted by Gasteiger charge is 2.57. The summed E-state index contributed by atoms with van der Waals surface area (Å²) in [6.07, 6.45) is 12.9. The Morgan fingerprint density at radius 1 is 1.12 bits per heavy atom. The third-order valence-electron chi connectivity index (χ3n) is 6.78. The van der Waals surface area contributed by atoms with E-state index < -0.39 is 0 Å². The predicted molar refractivity (Wildman–Crippen MR) is 102 cm³/mol. The molecule has 1 aliphatic heterocycles. The van der Waals surface area contributed by atoms with Crippen LogP contribution in [0.4, 0.5) is 0 Å². The molecule has 0 radical (unpaired) electrons. The normalized spacial score (nSPS) is 31.1. The van der Waals surface area contributed by atoms with Crippen LogP contribution in [0.1, 0.15) is 37.7 Å². The molecule has 0 bridgehead atoms. The van der Waals surface area contributed by atoms with E-state index in [1.165, 1.54) is 18.4 Å². The molecule has 1 aromatic rings. The molecule has 3 heteroatoms. The number of aliphatic imine (C=N–C) groups is 1. The summed E-state index contributed by atoms with van der Waals surface area (Å²) >= 11 is 0. The van der Waals surface area contributed by atoms with Crippen LogP contribution in [0.3, 0.4) is 0 Å². The first kappa shape index (κ1) is 15.8. The molecule has 4 aliphatic rings. The molecule has 2 saturated carbocycles. The van der Waals surface area contributed by atoms with Crippen LogP contribution in [0.15, 0.2) is 71.1 Å². The number of ketones is 1. The minimum Gasteiger partial charge on any atom is -0.493 e. The molecule has 0 saturated heterocycles. The van der Waals surface area contributed by atoms with Crippen molar-refractivity contribution < 1.29 is 9.90 Å². The van der Waals surface area contributed by atoms with Crippen molar-refractivity contribution in [3.63, 3.8) is 0 Å². The van der Waals surface area contributed by atoms with Crippen LogP contribution in [0.2, 0.25) is 0 Å². The van der Waals surface area contributed by atoms with Crippen LogP contribution in [0.25, 0.3) is 0 Å². The molecule has 0 amide bonds. The van der Waals surface area contributed by atoms with E-state index in [-0.39, 0.29) is 28.9 Å². The fourth-order valence-electron chi connectivity index (χ4n) is 5.07. The van der Waals surface area contributed by atoms with Crippen molar-refractivity contribution in [3.8, 4) is 0 Å². The summed E-state index contributed by atoms with van der Waals surface area (Å²) in [5.41, 5.74) is 2.98. The Bertz CT molecular complexity index is 871. The summed E-state index contributed by atoms with van der Waals surface area (Å²) in [5, 5.41) is 10.3. The van der Waals surface area contributed by atoms with Gasteiger partial charge in [0.2, 0.25) is 5.88 Å². The van der Waals surface area contributed by atoms with Gasteiger partial charge in [0.15, 0.2) is 5.78 Å². The second-order valence-corrected chi connectivity index (χ2v) is 8.07. The van der Waals surface area contributed by atoms with Gasteiger partial charge in [-0.1, -0.05) is 54.6 Å². The monoisotopic (exact) mass is 345 g/mol. The molecule has 3 aliphatic carbocycles. The molecule has 3 atom stereocenters. The number of Topliss-reactive ketones (excluding diaryl/α,β-unsaturated/α-hetero) is 1. The number of benzene rings is 1. The number of aliphatic hydroxyl groups is 1. The van der Waals surface area contributed by atoms with Crippen molar-refractivity contribution in [2.24, 2.45) is 22.7 Å². The molecule has 0 spiro atoms. The van der Waals surface area contributed by atoms with E-state index in [1.807, 2.05) is 18.2 Å². The average Bonchev–Trinajstić information content (AvgIpc) is 3.43. The van der Waals surface area contributed by atoms with Gasteiger partial charge in [0.1, 0.15) is 0 Å². The summed E-state index contributed by atoms with van der Waals surface area (Å²) < 4.78 is 0. The van der Waals surface area contributed by atoms with Crippen molar-refractivity contribution >= 4 is 11.5 Å². The van der Waals surface area contributed by atoms with E-state index in [9.17, 15) is 9.90 Å². The molecule has 132 valence electrons. The van der Waals surface area contributed by atoms with E-state index >= 15 is 0 Å². The smallest absolute Gasteiger partial charge is 0.215 e. The Balaban J connectivity index is 1.40. The highest BCUT2D eigenvalue weighted by Crippen LogP contribution is 2.62. The standard InChI is InChI=1S/C23H23NO2/c25-21(20-14-15-6-4-5-9-17(15)22(26)24-20)18-10-11-19(18)23(12-13-23)16-7-2-1-3-8-16/h1-9,15,18-19,26H,10-14H2. The number of hydrogen-bond donors (Lipinski definition) is 1. The second kappa shape index (κ2) is 5.80. The topological polar surface area (TPSA) is 49.7 Å². The van der Waals surface area contributed by atoms with Gasteiger partial charge in [-0.2, -0.15) is 0 Å². The van der Waals surface area contributed by atoms with Crippen molar-refractivity contribution in [2.75, 3.05) is 0 Å². The average molecular weight is 345 g/mol. The number of carbonyl (C=O) groups is 1. The fraction of sp³-hybridized carbons (Fsp3) is 0.391. The van der Waals surface area contributed by atoms with E-state index in [2.05, 4.69) is 41.4 Å². The largest absolute Gasteiger partial charge is 0.493 e. The highest BCUT2D eigenvalue weighted by atomic mass is 16.3. The van der Waals surface area contributed by atoms with Crippen LogP contribution >= 0.6 is 0 Å². The number of carbonyl (C=O) groups excluding carboxylic acids is 1. The lowest BCUT2D eigenvalue weighted by Gasteiger charge is -2.42. The Hall–Kier alpha value is -2.42. The number of fused-ring (bicyclic) bond motifs is 1. The minimum atomic E-state index is 0.0188. The molecule has 3 nitrogen and oxygen atoms in total. The first-order valence-corrected chi connectivity index (χ1v) is 9.64. The maximum Gasteiger partial charge on any atom is 0.215 e. The SMILES string of the molecule is O=C(C1=NC(O)=C2C=CC=CC2C1)C1CCC1C1(c2ccccc2)CC1. The van der Waals surface area contributed by atoms with Gasteiger partial charge in [-0.15, -0.1) is 0 Å². The van der Waals surface area contributed by atoms with Gasteiger partial charge in [0.25, 0.3) is 0 Å². The van der Waals surface area contributed by atoms with Crippen LogP contribution in [0.5, 0.6) is 0 Å². The lowest BCUT2D eigenvalue weighted by Crippen LogP contribution is -2.44. The van der Waals surface area contributed by atoms with Gasteiger partial charge in [0, 0.05) is 23.8 Å². The van der Waals surface area contributed by atoms with Gasteiger partial charge in [-0.05, 0) is 42.6 Å². The number of aliphatic hydroxyl groups excluding tert-OH is 1. The molecule has 3 unspecified atom stereocenters. The predicted octanol–water partition coefficient (Wildman–Crippen LogP) is 4.67. The summed E-state index contributed by atoms with van der Waals surface area (Å²) in [6, 6.07) is 10.7. The van der Waals surface area contributed by atoms with Crippen LogP contribution in [-0.2, 0) is 10.2 Å². The van der Waals surface area contributed by atoms with Crippen molar-refractivity contribution in [1.82, 2.24) is 0 Å². The summed E-state index contributed by atoms with van der Waals surface area (Å²) in [4.78, 5) is 17.5. The fourth-order valence-corrected chi connectivity index (χ4v) is 5.07. The van der Waals surface area contributed by atoms with Crippen LogP contribution in [0, 0.1) is 17.8 Å². The van der Waals surface area contributed by atoms with E-state index in [1.54, 1.807) is 0 Å². The molecule has 5 rings (SSSR count). The van der Waals surface area contributed by atoms with Crippen molar-refractivity contribution in [1.29, 1.82) is 0 Å². The summed E-state index contributed by atoms with van der Waals surface area (Å²) in [5.74, 6) is 0.754. The van der Waals surface area contributed by atoms with Crippen molar-refractivity contribution in [2.45, 2.75) is 37.5 Å². The number of allylic oxidation sites excluding steroid dienone is 5. The van der Waals surface area contributed by atoms with Gasteiger partial charge < -0.3 is 5.11 Å². The number of hydrogen-bond acceptors (Lipinski definition) is 3. The third kappa shape index (κ3) is 2.33. The Kier molecular flexibility index (Phi) is 3.53. The van der Waals surface area contributed by atoms with Gasteiger partial charge in [-0.3, -0.25) is 4.79 Å². The van der Waals surface area contributed by atoms with Crippen molar-refractivity contribution in [3.05, 3.63) is 71.7 Å². The lowest BCUT2D eigenvalue weighted by molar-refractivity contribution is -0.122. The molecule has 0 aromatic heterocycles. The second-order valence-electron chi connectivity index (χ2n) is 8.07. The molecule has 1 aromatic carbocycles. The van der Waals surface area contributed by atoms with E-state index in [0.717, 1.165) is 18.4 Å². The van der Waals surface area contributed by atoms with Gasteiger partial charge >= 0.3 is 0 Å². The lowest BCUT2D eigenvalue weighted by atomic mass is 9.61. The first-order chi connectivity index (χ1) is 12.7. The summed E-state index contributed by atoms with van der Waals surface area (Å²) in [6.45, 7) is 0. The maximum absolute atomic E-state index is 13.2. The third-order valence-corrected chi connectivity index (χ3v) is 6.78. The zero-order chi connectivity index (χ0) is 17.7. The highest BCUT2D eigenvalue weighted by molar-refractivity contribution is 6.41. The molecule has 1 N–H and O–H groups in total. The first-order valence-electron chi connectivity index (χ1n) is 9.64. The quantitative estimate of drug-likeness (QED) is 0.862. The molecular weight excluding hydrogens is 322 g/mol. The zero-order valence-corrected chi connectivity index (χ0v) is 14.8. The maximum atomic E-state index is 13.2. The van der Waals surface area contributed by atoms with Crippen LogP contribution in [-0.4, -0.2) is 16.6 Å². The minimum absolute atomic E-state index is 0.0188. The summed E-state index contributed by atoms with van der Waals surface area (Å²) in [7, 11) is 0. The zero-order valence-electron chi connectivity index (χ0n) is 14.8. The van der Waals surface area contributed by atoms with E-state index in [0.29, 0.717) is 18.1 Å². The van der Waals surface area contributed by atoms with Gasteiger partial charge in [-0.25, -0.2) is 4.99 Å². The van der Waals surface area contributed by atoms with E-state index in [4.69, 9.17) is 0 Å². The number of rotatable bonds is 4. The van der Waals surface area contributed by atoms with Gasteiger partial charge in [0.05, 0.1) is 5.71 Å². The molecular formula is C23H23NO2. The Morgan fingerprint density at radius 2 is 1.92 bits per heavy atom. The Labute approximate surface area is 153 Å².